The van der Waals surface area contributed by atoms with E-state index in [0.29, 0.717) is 38.7 Å². The molecule has 1 atom stereocenters. The first-order valence-electron chi connectivity index (χ1n) is 11.6. The van der Waals surface area contributed by atoms with E-state index >= 15 is 0 Å². The van der Waals surface area contributed by atoms with Crippen LogP contribution in [-0.4, -0.2) is 68.2 Å². The molecule has 2 saturated heterocycles. The van der Waals surface area contributed by atoms with Gasteiger partial charge in [0.05, 0.1) is 17.0 Å². The van der Waals surface area contributed by atoms with Crippen LogP contribution < -0.4 is 0 Å². The average Bonchev–Trinajstić information content (AvgIpc) is 3.28. The highest BCUT2D eigenvalue weighted by Gasteiger charge is 2.50. The molecule has 3 heterocycles. The van der Waals surface area contributed by atoms with Gasteiger partial charge in [0.25, 0.3) is 0 Å². The Labute approximate surface area is 198 Å². The summed E-state index contributed by atoms with van der Waals surface area (Å²) in [7, 11) is 0. The largest absolute Gasteiger partial charge is 0.547 e. The number of aryl methyl sites for hydroxylation is 1. The molecule has 0 saturated carbocycles. The Morgan fingerprint density at radius 1 is 1.23 bits per heavy atom. The third kappa shape index (κ3) is 4.70. The number of benzene rings is 1. The normalized spacial score (nSPS) is 21.4. The molecule has 2 aromatic rings. The lowest BCUT2D eigenvalue weighted by Crippen LogP contribution is -2.62. The number of amides is 1. The van der Waals surface area contributed by atoms with E-state index in [4.69, 9.17) is 4.74 Å². The van der Waals surface area contributed by atoms with Gasteiger partial charge in [-0.1, -0.05) is 6.07 Å². The number of carbonyl (C=O) groups excluding carboxylic acids is 1. The van der Waals surface area contributed by atoms with E-state index in [0.717, 1.165) is 49.2 Å². The van der Waals surface area contributed by atoms with Crippen molar-refractivity contribution in [3.63, 3.8) is 0 Å². The maximum atomic E-state index is 14.0. The molecule has 2 fully saturated rings. The van der Waals surface area contributed by atoms with Crippen LogP contribution in [0, 0.1) is 17.2 Å². The molecule has 5 rings (SSSR count). The van der Waals surface area contributed by atoms with Crippen molar-refractivity contribution in [2.75, 3.05) is 26.2 Å². The average molecular weight is 496 g/mol. The fraction of sp³-hybridized carbons (Fsp3) is 0.565. The summed E-state index contributed by atoms with van der Waals surface area (Å²) in [5.74, 6) is -0.952. The summed E-state index contributed by atoms with van der Waals surface area (Å²) in [4.78, 5) is 14.8. The second-order valence-corrected chi connectivity index (χ2v) is 9.71. The predicted octanol–water partition coefficient (Wildman–Crippen LogP) is 2.83. The number of fused-ring (bicyclic) bond motifs is 1. The molecule has 2 aliphatic heterocycles. The topological polar surface area (TPSA) is 94.4 Å². The number of piperidine rings is 1. The molecule has 0 radical (unpaired) electrons. The van der Waals surface area contributed by atoms with Gasteiger partial charge in [0.2, 0.25) is 5.91 Å². The summed E-state index contributed by atoms with van der Waals surface area (Å²) >= 11 is 0. The zero-order valence-electron chi connectivity index (χ0n) is 18.9. The maximum absolute atomic E-state index is 14.0. The molecule has 1 unspecified atom stereocenters. The molecule has 35 heavy (non-hydrogen) atoms. The second kappa shape index (κ2) is 8.80. The Morgan fingerprint density at radius 3 is 2.63 bits per heavy atom. The van der Waals surface area contributed by atoms with Crippen LogP contribution in [-0.2, 0) is 35.2 Å². The summed E-state index contributed by atoms with van der Waals surface area (Å²) in [6, 6.07) is 2.21. The molecular weight excluding hydrogens is 470 g/mol. The second-order valence-electron chi connectivity index (χ2n) is 9.71. The van der Waals surface area contributed by atoms with Gasteiger partial charge in [0.15, 0.2) is 13.1 Å². The van der Waals surface area contributed by atoms with Crippen molar-refractivity contribution >= 4 is 12.0 Å². The lowest BCUT2D eigenvalue weighted by Gasteiger charge is -2.52. The van der Waals surface area contributed by atoms with Crippen LogP contribution in [0.2, 0.25) is 0 Å². The van der Waals surface area contributed by atoms with Gasteiger partial charge in [-0.2, -0.15) is 33.2 Å². The van der Waals surface area contributed by atoms with E-state index in [-0.39, 0.29) is 35.5 Å². The first-order chi connectivity index (χ1) is 16.6. The molecule has 0 bridgehead atoms. The van der Waals surface area contributed by atoms with Crippen molar-refractivity contribution in [1.82, 2.24) is 20.3 Å². The van der Waals surface area contributed by atoms with Gasteiger partial charge in [-0.05, 0) is 25.0 Å². The van der Waals surface area contributed by atoms with Crippen LogP contribution in [0.25, 0.3) is 0 Å². The Morgan fingerprint density at radius 2 is 1.94 bits per heavy atom. The molecule has 1 aliphatic carbocycles. The highest BCUT2D eigenvalue weighted by Crippen LogP contribution is 2.41. The van der Waals surface area contributed by atoms with Crippen LogP contribution in [0.5, 0.6) is 0 Å². The Hall–Kier alpha value is -3.18. The third-order valence-electron chi connectivity index (χ3n) is 7.42. The molecule has 1 amide bonds. The first-order valence-corrected chi connectivity index (χ1v) is 11.6. The fourth-order valence-electron chi connectivity index (χ4n) is 5.24. The maximum Gasteiger partial charge on any atom is 0.547 e. The van der Waals surface area contributed by atoms with Gasteiger partial charge in [0.1, 0.15) is 12.4 Å². The summed E-state index contributed by atoms with van der Waals surface area (Å²) in [5.41, 5.74) is 0.681. The summed E-state index contributed by atoms with van der Waals surface area (Å²) < 4.78 is 58.9. The quantitative estimate of drug-likeness (QED) is 0.387. The lowest BCUT2D eigenvalue weighted by molar-refractivity contribution is -0.563. The molecule has 188 valence electrons. The molecule has 3 aliphatic rings. The molecule has 8 nitrogen and oxygen atoms in total. The lowest BCUT2D eigenvalue weighted by atomic mass is 9.71. The van der Waals surface area contributed by atoms with E-state index < -0.39 is 17.6 Å². The molecule has 1 aromatic heterocycles. The van der Waals surface area contributed by atoms with E-state index in [1.807, 2.05) is 4.90 Å². The van der Waals surface area contributed by atoms with Gasteiger partial charge in [0, 0.05) is 49.2 Å². The first kappa shape index (κ1) is 23.6. The number of nitrogens with one attached hydrogen (secondary N) is 1. The standard InChI is InChI=1S/C23H25F4N5O3/c24-17-10-16(23(25,26)27)3-1-15(17)11-35-21(34)31-7-5-22(6-8-31)12-32(13-22)20(33)14-2-4-18-19(9-14)29-30-28-18/h1,3,10,14H,2,4-9,11-13H2,(H,28,29,30)/p+1. The van der Waals surface area contributed by atoms with E-state index in [1.54, 1.807) is 4.58 Å². The number of hydrogen-bond donors (Lipinski definition) is 2. The minimum Gasteiger partial charge on any atom is -0.430 e. The number of aromatic nitrogens is 3. The monoisotopic (exact) mass is 496 g/mol. The number of rotatable bonds is 3. The number of aliphatic hydroxyl groups excluding tert-OH is 1. The number of halogens is 4. The number of carbonyl (C=O) groups is 1. The fourth-order valence-corrected chi connectivity index (χ4v) is 5.24. The van der Waals surface area contributed by atoms with Gasteiger partial charge in [-0.3, -0.25) is 4.79 Å². The van der Waals surface area contributed by atoms with Gasteiger partial charge < -0.3 is 14.7 Å². The molecule has 1 aromatic carbocycles. The number of nitrogens with zero attached hydrogens (tertiary/aromatic N) is 4. The van der Waals surface area contributed by atoms with Crippen molar-refractivity contribution in [3.8, 4) is 0 Å². The minimum absolute atomic E-state index is 0.0136. The number of H-pyrrole nitrogens is 1. The van der Waals surface area contributed by atoms with Crippen LogP contribution in [0.3, 0.4) is 0 Å². The minimum atomic E-state index is -4.63. The Balaban J connectivity index is 1.11. The van der Waals surface area contributed by atoms with Crippen LogP contribution in [0.15, 0.2) is 18.2 Å². The number of alkyl halides is 3. The smallest absolute Gasteiger partial charge is 0.430 e. The summed E-state index contributed by atoms with van der Waals surface area (Å²) in [6.45, 7) is 2.00. The third-order valence-corrected chi connectivity index (χ3v) is 7.42. The highest BCUT2D eigenvalue weighted by atomic mass is 19.4. The number of aliphatic hydroxyl groups is 1. The Bertz CT molecular complexity index is 1140. The van der Waals surface area contributed by atoms with Crippen LogP contribution in [0.4, 0.5) is 17.6 Å². The van der Waals surface area contributed by atoms with E-state index in [9.17, 15) is 27.5 Å². The zero-order valence-corrected chi connectivity index (χ0v) is 18.9. The number of ether oxygens (including phenoxy) is 1. The van der Waals surface area contributed by atoms with Gasteiger partial charge >= 0.3 is 12.3 Å². The van der Waals surface area contributed by atoms with Gasteiger partial charge in [-0.15, -0.1) is 0 Å². The number of likely N-dealkylation sites (tertiary alicyclic amines) is 1. The van der Waals surface area contributed by atoms with Crippen molar-refractivity contribution < 1.29 is 36.8 Å². The van der Waals surface area contributed by atoms with Crippen molar-refractivity contribution in [2.45, 2.75) is 44.9 Å². The number of hydrogen-bond acceptors (Lipinski definition) is 4. The highest BCUT2D eigenvalue weighted by molar-refractivity contribution is 5.80. The van der Waals surface area contributed by atoms with Crippen LogP contribution >= 0.6 is 0 Å². The molecule has 1 spiro atoms. The SMILES string of the molecule is O=C(C1CCc2n[nH]nc2C1)N1CC2(CC[N+](=C(O)OCc3ccc(C(F)(F)F)cc3F)CC2)C1. The molecule has 12 heteroatoms. The molecular formula is C23H26F4N5O3+. The summed E-state index contributed by atoms with van der Waals surface area (Å²) in [5, 5.41) is 21.2. The Kier molecular flexibility index (Phi) is 5.92. The summed E-state index contributed by atoms with van der Waals surface area (Å²) in [6.07, 6.45) is -1.35. The van der Waals surface area contributed by atoms with Crippen LogP contribution in [0.1, 0.15) is 41.8 Å². The number of aromatic amines is 1. The van der Waals surface area contributed by atoms with Crippen molar-refractivity contribution in [2.24, 2.45) is 11.3 Å². The van der Waals surface area contributed by atoms with E-state index in [1.165, 1.54) is 0 Å². The molecule has 2 N–H and O–H groups in total. The zero-order chi connectivity index (χ0) is 24.8. The predicted molar refractivity (Wildman–Crippen MR) is 114 cm³/mol. The van der Waals surface area contributed by atoms with E-state index in [2.05, 4.69) is 15.4 Å². The van der Waals surface area contributed by atoms with Crippen molar-refractivity contribution in [3.05, 3.63) is 46.5 Å². The van der Waals surface area contributed by atoms with Crippen molar-refractivity contribution in [1.29, 1.82) is 0 Å². The van der Waals surface area contributed by atoms with Gasteiger partial charge in [-0.25, -0.2) is 4.39 Å².